The fourth-order valence-corrected chi connectivity index (χ4v) is 3.16. The highest BCUT2D eigenvalue weighted by atomic mass is 35.5. The molecule has 0 atom stereocenters. The average molecular weight is 425 g/mol. The Morgan fingerprint density at radius 3 is 2.57 bits per heavy atom. The number of hydrogen-bond donors (Lipinski definition) is 3. The fourth-order valence-electron chi connectivity index (χ4n) is 3.00. The third-order valence-electron chi connectivity index (χ3n) is 4.37. The van der Waals surface area contributed by atoms with Crippen LogP contribution in [0.5, 0.6) is 0 Å². The maximum Gasteiger partial charge on any atom is 0.292 e. The van der Waals surface area contributed by atoms with Crippen LogP contribution < -0.4 is 16.0 Å². The summed E-state index contributed by atoms with van der Waals surface area (Å²) >= 11 is 6.00. The van der Waals surface area contributed by atoms with Crippen LogP contribution in [0.4, 0.5) is 11.4 Å². The number of carbonyl (C=O) groups is 3. The molecule has 0 radical (unpaired) electrons. The molecule has 0 aliphatic rings. The van der Waals surface area contributed by atoms with Crippen LogP contribution in [0, 0.1) is 6.92 Å². The average Bonchev–Trinajstić information content (AvgIpc) is 2.71. The Hall–Kier alpha value is -3.45. The van der Waals surface area contributed by atoms with Crippen LogP contribution in [0.15, 0.2) is 48.7 Å². The molecule has 30 heavy (non-hydrogen) atoms. The molecule has 0 bridgehead atoms. The van der Waals surface area contributed by atoms with Crippen LogP contribution in [0.1, 0.15) is 22.8 Å². The zero-order valence-corrected chi connectivity index (χ0v) is 17.3. The van der Waals surface area contributed by atoms with Crippen molar-refractivity contribution in [2.75, 3.05) is 23.7 Å². The lowest BCUT2D eigenvalue weighted by atomic mass is 10.0. The van der Waals surface area contributed by atoms with E-state index >= 15 is 0 Å². The van der Waals surface area contributed by atoms with Crippen molar-refractivity contribution in [3.63, 3.8) is 0 Å². The molecule has 0 saturated heterocycles. The summed E-state index contributed by atoms with van der Waals surface area (Å²) in [5, 5.41) is 9.92. The molecule has 3 aromatic rings. The molecule has 0 aliphatic carbocycles. The summed E-state index contributed by atoms with van der Waals surface area (Å²) in [6, 6.07) is 12.2. The highest BCUT2D eigenvalue weighted by Crippen LogP contribution is 2.24. The van der Waals surface area contributed by atoms with E-state index in [0.717, 1.165) is 22.2 Å². The predicted octanol–water partition coefficient (Wildman–Crippen LogP) is 3.57. The van der Waals surface area contributed by atoms with Gasteiger partial charge in [-0.15, -0.1) is 0 Å². The van der Waals surface area contributed by atoms with E-state index in [2.05, 4.69) is 20.9 Å². The fraction of sp³-hybridized carbons (Fsp3) is 0.182. The van der Waals surface area contributed by atoms with Gasteiger partial charge in [0, 0.05) is 42.3 Å². The second kappa shape index (κ2) is 9.37. The number of aryl methyl sites for hydroxylation is 1. The highest BCUT2D eigenvalue weighted by Gasteiger charge is 2.20. The Morgan fingerprint density at radius 1 is 1.00 bits per heavy atom. The van der Waals surface area contributed by atoms with Crippen molar-refractivity contribution >= 4 is 51.5 Å². The number of amides is 2. The van der Waals surface area contributed by atoms with Gasteiger partial charge in [0.05, 0.1) is 16.8 Å². The Balaban J connectivity index is 1.61. The molecule has 1 heterocycles. The Kier molecular flexibility index (Phi) is 6.64. The first-order valence-corrected chi connectivity index (χ1v) is 9.72. The lowest BCUT2D eigenvalue weighted by Gasteiger charge is -2.12. The van der Waals surface area contributed by atoms with E-state index in [1.807, 2.05) is 19.1 Å². The van der Waals surface area contributed by atoms with Crippen LogP contribution in [-0.4, -0.2) is 35.7 Å². The van der Waals surface area contributed by atoms with Crippen molar-refractivity contribution < 1.29 is 14.4 Å². The molecule has 1 aromatic heterocycles. The van der Waals surface area contributed by atoms with Gasteiger partial charge < -0.3 is 16.0 Å². The smallest absolute Gasteiger partial charge is 0.292 e. The largest absolute Gasteiger partial charge is 0.383 e. The van der Waals surface area contributed by atoms with Gasteiger partial charge in [0.15, 0.2) is 0 Å². The van der Waals surface area contributed by atoms with Gasteiger partial charge in [-0.1, -0.05) is 23.2 Å². The summed E-state index contributed by atoms with van der Waals surface area (Å²) in [6.45, 7) is 3.80. The van der Waals surface area contributed by atoms with Crippen LogP contribution in [0.25, 0.3) is 10.9 Å². The quantitative estimate of drug-likeness (QED) is 0.306. The third kappa shape index (κ3) is 5.12. The van der Waals surface area contributed by atoms with E-state index in [-0.39, 0.29) is 18.0 Å². The first-order chi connectivity index (χ1) is 14.3. The number of nitrogens with one attached hydrogen (secondary N) is 3. The summed E-state index contributed by atoms with van der Waals surface area (Å²) in [7, 11) is 0. The minimum absolute atomic E-state index is 0.160. The van der Waals surface area contributed by atoms with Crippen LogP contribution in [0.2, 0.25) is 5.02 Å². The molecule has 154 valence electrons. The van der Waals surface area contributed by atoms with Crippen molar-refractivity contribution in [3.05, 3.63) is 64.8 Å². The van der Waals surface area contributed by atoms with Crippen molar-refractivity contribution in [3.8, 4) is 0 Å². The molecule has 0 saturated carbocycles. The molecule has 2 amide bonds. The minimum atomic E-state index is -0.736. The van der Waals surface area contributed by atoms with Gasteiger partial charge in [-0.2, -0.15) is 0 Å². The van der Waals surface area contributed by atoms with E-state index in [9.17, 15) is 14.4 Å². The lowest BCUT2D eigenvalue weighted by molar-refractivity contribution is -0.117. The molecule has 7 nitrogen and oxygen atoms in total. The molecule has 0 spiro atoms. The molecule has 0 aliphatic heterocycles. The van der Waals surface area contributed by atoms with Crippen LogP contribution in [0.3, 0.4) is 0 Å². The van der Waals surface area contributed by atoms with E-state index in [1.54, 1.807) is 36.5 Å². The zero-order chi connectivity index (χ0) is 21.7. The topological polar surface area (TPSA) is 100 Å². The number of fused-ring (bicyclic) bond motifs is 1. The Morgan fingerprint density at radius 2 is 1.80 bits per heavy atom. The number of halogens is 1. The van der Waals surface area contributed by atoms with Gasteiger partial charge in [-0.25, -0.2) is 0 Å². The van der Waals surface area contributed by atoms with Gasteiger partial charge in [-0.3, -0.25) is 19.4 Å². The third-order valence-corrected chi connectivity index (χ3v) is 4.60. The monoisotopic (exact) mass is 424 g/mol. The Labute approximate surface area is 178 Å². The van der Waals surface area contributed by atoms with E-state index in [1.165, 1.54) is 6.92 Å². The molecule has 0 fully saturated rings. The van der Waals surface area contributed by atoms with Gasteiger partial charge in [0.2, 0.25) is 5.91 Å². The number of hydrogen-bond acceptors (Lipinski definition) is 5. The standard InChI is InChI=1S/C22H21ClN4O3/c1-13-3-6-19(27-14(2)28)17(11-13)21(29)22(30)26-10-9-25-18-7-8-24-20-12-15(23)4-5-16(18)20/h3-8,11-12H,9-10H2,1-2H3,(H,24,25)(H,26,30)(H,27,28). The molecule has 0 unspecified atom stereocenters. The van der Waals surface area contributed by atoms with Crippen LogP contribution >= 0.6 is 11.6 Å². The van der Waals surface area contributed by atoms with Crippen LogP contribution in [-0.2, 0) is 9.59 Å². The van der Waals surface area contributed by atoms with Gasteiger partial charge in [-0.05, 0) is 43.3 Å². The first kappa shape index (κ1) is 21.3. The highest BCUT2D eigenvalue weighted by molar-refractivity contribution is 6.44. The van der Waals surface area contributed by atoms with Crippen molar-refractivity contribution in [2.24, 2.45) is 0 Å². The summed E-state index contributed by atoms with van der Waals surface area (Å²) in [4.78, 5) is 40.5. The summed E-state index contributed by atoms with van der Waals surface area (Å²) in [5.74, 6) is -1.75. The maximum absolute atomic E-state index is 12.6. The first-order valence-electron chi connectivity index (χ1n) is 9.34. The van der Waals surface area contributed by atoms with Crippen molar-refractivity contribution in [1.29, 1.82) is 0 Å². The zero-order valence-electron chi connectivity index (χ0n) is 16.6. The number of benzene rings is 2. The summed E-state index contributed by atoms with van der Waals surface area (Å²) < 4.78 is 0. The summed E-state index contributed by atoms with van der Waals surface area (Å²) in [6.07, 6.45) is 1.67. The van der Waals surface area contributed by atoms with E-state index in [4.69, 9.17) is 11.6 Å². The van der Waals surface area contributed by atoms with E-state index < -0.39 is 11.7 Å². The second-order valence-corrected chi connectivity index (χ2v) is 7.20. The van der Waals surface area contributed by atoms with Crippen molar-refractivity contribution in [1.82, 2.24) is 10.3 Å². The van der Waals surface area contributed by atoms with Gasteiger partial charge in [0.1, 0.15) is 0 Å². The minimum Gasteiger partial charge on any atom is -0.383 e. The van der Waals surface area contributed by atoms with E-state index in [0.29, 0.717) is 17.3 Å². The van der Waals surface area contributed by atoms with Crippen molar-refractivity contribution in [2.45, 2.75) is 13.8 Å². The normalized spacial score (nSPS) is 10.5. The predicted molar refractivity (Wildman–Crippen MR) is 118 cm³/mol. The van der Waals surface area contributed by atoms with Gasteiger partial charge in [0.25, 0.3) is 11.7 Å². The SMILES string of the molecule is CC(=O)Nc1ccc(C)cc1C(=O)C(=O)NCCNc1ccnc2cc(Cl)ccc12. The number of Topliss-reactive ketones (excluding diaryl/α,β-unsaturated/α-hetero) is 1. The number of ketones is 1. The van der Waals surface area contributed by atoms with Gasteiger partial charge >= 0.3 is 0 Å². The molecule has 3 rings (SSSR count). The molecular formula is C22H21ClN4O3. The summed E-state index contributed by atoms with van der Waals surface area (Å²) in [5.41, 5.74) is 2.90. The molecular weight excluding hydrogens is 404 g/mol. The lowest BCUT2D eigenvalue weighted by Crippen LogP contribution is -2.35. The molecule has 8 heteroatoms. The molecule has 2 aromatic carbocycles. The second-order valence-electron chi connectivity index (χ2n) is 6.76. The number of nitrogens with zero attached hydrogens (tertiary/aromatic N) is 1. The number of carbonyl (C=O) groups excluding carboxylic acids is 3. The maximum atomic E-state index is 12.6. The number of aromatic nitrogens is 1. The number of pyridine rings is 1. The number of rotatable bonds is 7. The number of anilines is 2. The molecule has 3 N–H and O–H groups in total. The Bertz CT molecular complexity index is 1130.